The topological polar surface area (TPSA) is 122 Å². The van der Waals surface area contributed by atoms with Gasteiger partial charge in [0.2, 0.25) is 0 Å². The molecule has 0 aromatic heterocycles. The van der Waals surface area contributed by atoms with E-state index >= 15 is 0 Å². The predicted molar refractivity (Wildman–Crippen MR) is 95.7 cm³/mol. The van der Waals surface area contributed by atoms with Gasteiger partial charge in [-0.05, 0) is 36.8 Å². The van der Waals surface area contributed by atoms with Crippen LogP contribution in [0.3, 0.4) is 0 Å². The lowest BCUT2D eigenvalue weighted by Crippen LogP contribution is -2.09. The van der Waals surface area contributed by atoms with Crippen molar-refractivity contribution in [1.82, 2.24) is 0 Å². The second-order valence-corrected chi connectivity index (χ2v) is 5.46. The van der Waals surface area contributed by atoms with Crippen LogP contribution in [0.1, 0.15) is 17.3 Å². The molecule has 2 aromatic carbocycles. The average molecular weight is 372 g/mol. The normalized spacial score (nSPS) is 10.9. The molecule has 0 aliphatic carbocycles. The number of nitro benzene ring substituents is 2. The van der Waals surface area contributed by atoms with E-state index < -0.39 is 15.8 Å². The van der Waals surface area contributed by atoms with Crippen molar-refractivity contribution < 1.29 is 24.1 Å². The minimum atomic E-state index is -0.789. The number of carbonyl (C=O) groups is 1. The number of nitro groups is 2. The molecule has 0 amide bonds. The molecule has 0 atom stereocenters. The molecule has 0 aliphatic rings. The zero-order valence-corrected chi connectivity index (χ0v) is 14.4. The molecular weight excluding hydrogens is 356 g/mol. The molecule has 0 fully saturated rings. The summed E-state index contributed by atoms with van der Waals surface area (Å²) in [5.74, 6) is -0.326. The van der Waals surface area contributed by atoms with Gasteiger partial charge >= 0.3 is 5.97 Å². The molecule has 0 bridgehead atoms. The Morgan fingerprint density at radius 3 is 2.33 bits per heavy atom. The van der Waals surface area contributed by atoms with E-state index in [0.717, 1.165) is 5.57 Å². The van der Waals surface area contributed by atoms with E-state index in [1.54, 1.807) is 13.0 Å². The molecule has 2 rings (SSSR count). The summed E-state index contributed by atoms with van der Waals surface area (Å²) in [5, 5.41) is 21.5. The number of rotatable bonds is 8. The Labute approximate surface area is 154 Å². The Morgan fingerprint density at radius 1 is 1.04 bits per heavy atom. The molecule has 9 nitrogen and oxygen atoms in total. The van der Waals surface area contributed by atoms with Gasteiger partial charge in [-0.1, -0.05) is 12.1 Å². The molecule has 0 N–H and O–H groups in total. The van der Waals surface area contributed by atoms with Crippen LogP contribution in [0.25, 0.3) is 0 Å². The summed E-state index contributed by atoms with van der Waals surface area (Å²) in [6.45, 7) is 1.88. The summed E-state index contributed by atoms with van der Waals surface area (Å²) >= 11 is 0. The number of nitrogens with zero attached hydrogens (tertiary/aromatic N) is 2. The van der Waals surface area contributed by atoms with Crippen molar-refractivity contribution in [1.29, 1.82) is 0 Å². The molecule has 0 heterocycles. The molecule has 0 unspecified atom stereocenters. The van der Waals surface area contributed by atoms with Crippen LogP contribution in [-0.2, 0) is 4.74 Å². The lowest BCUT2D eigenvalue weighted by molar-refractivity contribution is -0.385. The first-order valence-corrected chi connectivity index (χ1v) is 7.82. The highest BCUT2D eigenvalue weighted by molar-refractivity contribution is 5.93. The van der Waals surface area contributed by atoms with E-state index in [2.05, 4.69) is 0 Å². The zero-order valence-electron chi connectivity index (χ0n) is 14.4. The first-order valence-electron chi connectivity index (χ1n) is 7.82. The molecule has 9 heteroatoms. The van der Waals surface area contributed by atoms with Crippen molar-refractivity contribution in [2.24, 2.45) is 0 Å². The van der Waals surface area contributed by atoms with Gasteiger partial charge in [0.25, 0.3) is 11.4 Å². The number of non-ortho nitro benzene ring substituents is 1. The van der Waals surface area contributed by atoms with Crippen LogP contribution in [0.15, 0.2) is 60.2 Å². The molecule has 0 saturated carbocycles. The van der Waals surface area contributed by atoms with Crippen LogP contribution in [0, 0.1) is 20.2 Å². The highest BCUT2D eigenvalue weighted by Crippen LogP contribution is 2.19. The number of carbonyl (C=O) groups excluding carboxylic acids is 1. The summed E-state index contributed by atoms with van der Waals surface area (Å²) in [6, 6.07) is 11.2. The van der Waals surface area contributed by atoms with Gasteiger partial charge in [0.1, 0.15) is 24.5 Å². The minimum absolute atomic E-state index is 0.0310. The average Bonchev–Trinajstić information content (AvgIpc) is 2.66. The van der Waals surface area contributed by atoms with Gasteiger partial charge in [-0.3, -0.25) is 20.2 Å². The van der Waals surface area contributed by atoms with Crippen LogP contribution in [0.5, 0.6) is 5.75 Å². The highest BCUT2D eigenvalue weighted by Gasteiger charge is 2.19. The summed E-state index contributed by atoms with van der Waals surface area (Å²) in [4.78, 5) is 32.3. The molecule has 0 radical (unpaired) electrons. The molecule has 2 aromatic rings. The highest BCUT2D eigenvalue weighted by atomic mass is 16.6. The summed E-state index contributed by atoms with van der Waals surface area (Å²) in [5.41, 5.74) is 0.292. The van der Waals surface area contributed by atoms with Crippen molar-refractivity contribution in [2.75, 3.05) is 13.2 Å². The summed E-state index contributed by atoms with van der Waals surface area (Å²) < 4.78 is 10.5. The van der Waals surface area contributed by atoms with Crippen LogP contribution in [-0.4, -0.2) is 29.0 Å². The standard InChI is InChI=1S/C18H16N2O7/c1-13(12-27-15-8-6-14(7-9-15)19(22)23)10-11-26-18(21)16-4-2-3-5-17(16)20(24)25/h2-10H,11-12H2,1H3. The zero-order chi connectivity index (χ0) is 19.8. The van der Waals surface area contributed by atoms with Crippen molar-refractivity contribution in [3.05, 3.63) is 86.0 Å². The van der Waals surface area contributed by atoms with Crippen molar-refractivity contribution in [3.63, 3.8) is 0 Å². The molecule has 0 saturated heterocycles. The fraction of sp³-hybridized carbons (Fsp3) is 0.167. The third-order valence-electron chi connectivity index (χ3n) is 3.48. The monoisotopic (exact) mass is 372 g/mol. The lowest BCUT2D eigenvalue weighted by atomic mass is 10.2. The maximum atomic E-state index is 12.0. The van der Waals surface area contributed by atoms with E-state index in [1.165, 1.54) is 48.5 Å². The van der Waals surface area contributed by atoms with Crippen LogP contribution in [0.4, 0.5) is 11.4 Å². The summed E-state index contributed by atoms with van der Waals surface area (Å²) in [7, 11) is 0. The number of benzene rings is 2. The molecule has 0 spiro atoms. The quantitative estimate of drug-likeness (QED) is 0.300. The predicted octanol–water partition coefficient (Wildman–Crippen LogP) is 3.69. The van der Waals surface area contributed by atoms with Crippen LogP contribution < -0.4 is 4.74 Å². The number of ether oxygens (including phenoxy) is 2. The fourth-order valence-corrected chi connectivity index (χ4v) is 2.06. The Balaban J connectivity index is 1.86. The number of para-hydroxylation sites is 1. The van der Waals surface area contributed by atoms with Gasteiger partial charge in [-0.2, -0.15) is 0 Å². The third-order valence-corrected chi connectivity index (χ3v) is 3.48. The van der Waals surface area contributed by atoms with Crippen molar-refractivity contribution in [2.45, 2.75) is 6.92 Å². The Morgan fingerprint density at radius 2 is 1.70 bits per heavy atom. The van der Waals surface area contributed by atoms with Gasteiger partial charge in [0.05, 0.1) is 9.85 Å². The SMILES string of the molecule is CC(=CCOC(=O)c1ccccc1[N+](=O)[O-])COc1ccc([N+](=O)[O-])cc1. The number of esters is 1. The second-order valence-electron chi connectivity index (χ2n) is 5.46. The fourth-order valence-electron chi connectivity index (χ4n) is 2.06. The van der Waals surface area contributed by atoms with Crippen molar-refractivity contribution >= 4 is 17.3 Å². The third kappa shape index (κ3) is 5.63. The van der Waals surface area contributed by atoms with E-state index in [-0.39, 0.29) is 30.2 Å². The number of hydrogen-bond acceptors (Lipinski definition) is 7. The van der Waals surface area contributed by atoms with Gasteiger partial charge in [0.15, 0.2) is 0 Å². The van der Waals surface area contributed by atoms with Crippen LogP contribution >= 0.6 is 0 Å². The molecular formula is C18H16N2O7. The Bertz CT molecular complexity index is 876. The number of hydrogen-bond donors (Lipinski definition) is 0. The van der Waals surface area contributed by atoms with Crippen molar-refractivity contribution in [3.8, 4) is 5.75 Å². The molecule has 27 heavy (non-hydrogen) atoms. The Hall–Kier alpha value is -3.75. The van der Waals surface area contributed by atoms with Crippen LogP contribution in [0.2, 0.25) is 0 Å². The largest absolute Gasteiger partial charge is 0.489 e. The summed E-state index contributed by atoms with van der Waals surface area (Å²) in [6.07, 6.45) is 1.61. The van der Waals surface area contributed by atoms with Gasteiger partial charge in [-0.25, -0.2) is 4.79 Å². The lowest BCUT2D eigenvalue weighted by Gasteiger charge is -2.07. The van der Waals surface area contributed by atoms with Gasteiger partial charge in [-0.15, -0.1) is 0 Å². The van der Waals surface area contributed by atoms with E-state index in [4.69, 9.17) is 9.47 Å². The maximum Gasteiger partial charge on any atom is 0.345 e. The smallest absolute Gasteiger partial charge is 0.345 e. The minimum Gasteiger partial charge on any atom is -0.489 e. The Kier molecular flexibility index (Phi) is 6.59. The molecule has 140 valence electrons. The maximum absolute atomic E-state index is 12.0. The molecule has 0 aliphatic heterocycles. The first-order chi connectivity index (χ1) is 12.9. The first kappa shape index (κ1) is 19.6. The second kappa shape index (κ2) is 9.09. The van der Waals surface area contributed by atoms with E-state index in [0.29, 0.717) is 5.75 Å². The van der Waals surface area contributed by atoms with Gasteiger partial charge in [0, 0.05) is 18.2 Å². The van der Waals surface area contributed by atoms with Gasteiger partial charge < -0.3 is 9.47 Å². The van der Waals surface area contributed by atoms with E-state index in [9.17, 15) is 25.0 Å². The van der Waals surface area contributed by atoms with E-state index in [1.807, 2.05) is 0 Å².